The zero-order valence-electron chi connectivity index (χ0n) is 10.5. The quantitative estimate of drug-likeness (QED) is 0.882. The second-order valence-electron chi connectivity index (χ2n) is 4.20. The second kappa shape index (κ2) is 3.94. The van der Waals surface area contributed by atoms with Gasteiger partial charge in [-0.2, -0.15) is 4.98 Å². The first-order chi connectivity index (χ1) is 8.69. The minimum Gasteiger partial charge on any atom is -0.454 e. The molecule has 5 heteroatoms. The van der Waals surface area contributed by atoms with E-state index in [2.05, 4.69) is 10.3 Å². The molecule has 0 bridgehead atoms. The molecule has 2 heterocycles. The fraction of sp³-hybridized carbons (Fsp3) is 0.308. The van der Waals surface area contributed by atoms with Crippen LogP contribution in [-0.4, -0.2) is 18.8 Å². The van der Waals surface area contributed by atoms with Gasteiger partial charge in [-0.05, 0) is 31.5 Å². The van der Waals surface area contributed by atoms with Gasteiger partial charge >= 0.3 is 0 Å². The van der Waals surface area contributed by atoms with Gasteiger partial charge in [-0.3, -0.25) is 0 Å². The number of fused-ring (bicyclic) bond motifs is 1. The Labute approximate surface area is 105 Å². The van der Waals surface area contributed by atoms with Crippen molar-refractivity contribution in [2.24, 2.45) is 0 Å². The van der Waals surface area contributed by atoms with E-state index in [1.165, 1.54) is 0 Å². The van der Waals surface area contributed by atoms with Crippen LogP contribution in [0.1, 0.15) is 11.3 Å². The second-order valence-corrected chi connectivity index (χ2v) is 4.20. The van der Waals surface area contributed by atoms with Gasteiger partial charge in [0.15, 0.2) is 17.3 Å². The minimum atomic E-state index is 0.273. The van der Waals surface area contributed by atoms with Gasteiger partial charge in [0.2, 0.25) is 6.79 Å². The van der Waals surface area contributed by atoms with Crippen LogP contribution in [0.2, 0.25) is 0 Å². The van der Waals surface area contributed by atoms with Crippen molar-refractivity contribution in [1.29, 1.82) is 0 Å². The number of aryl methyl sites for hydroxylation is 2. The Kier molecular flexibility index (Phi) is 2.40. The number of oxazole rings is 1. The molecule has 1 aromatic heterocycles. The van der Waals surface area contributed by atoms with Crippen molar-refractivity contribution in [1.82, 2.24) is 4.98 Å². The first-order valence-corrected chi connectivity index (χ1v) is 5.75. The van der Waals surface area contributed by atoms with Gasteiger partial charge in [0, 0.05) is 12.6 Å². The highest BCUT2D eigenvalue weighted by molar-refractivity contribution is 5.69. The fourth-order valence-corrected chi connectivity index (χ4v) is 2.04. The van der Waals surface area contributed by atoms with E-state index in [0.29, 0.717) is 6.01 Å². The lowest BCUT2D eigenvalue weighted by Crippen LogP contribution is -1.92. The van der Waals surface area contributed by atoms with E-state index in [4.69, 9.17) is 13.9 Å². The third-order valence-corrected chi connectivity index (χ3v) is 2.97. The van der Waals surface area contributed by atoms with Crippen LogP contribution in [0.15, 0.2) is 16.5 Å². The van der Waals surface area contributed by atoms with Crippen LogP contribution in [0.25, 0.3) is 11.3 Å². The molecule has 0 radical (unpaired) electrons. The van der Waals surface area contributed by atoms with Crippen molar-refractivity contribution in [2.75, 3.05) is 19.2 Å². The predicted octanol–water partition coefficient (Wildman–Crippen LogP) is 2.73. The van der Waals surface area contributed by atoms with Crippen molar-refractivity contribution in [2.45, 2.75) is 13.8 Å². The Morgan fingerprint density at radius 2 is 1.89 bits per heavy atom. The highest BCUT2D eigenvalue weighted by Crippen LogP contribution is 2.39. The topological polar surface area (TPSA) is 56.5 Å². The van der Waals surface area contributed by atoms with Crippen molar-refractivity contribution in [3.63, 3.8) is 0 Å². The predicted molar refractivity (Wildman–Crippen MR) is 67.1 cm³/mol. The third-order valence-electron chi connectivity index (χ3n) is 2.97. The summed E-state index contributed by atoms with van der Waals surface area (Å²) in [6, 6.07) is 4.41. The fourth-order valence-electron chi connectivity index (χ4n) is 2.04. The van der Waals surface area contributed by atoms with Crippen LogP contribution in [0.3, 0.4) is 0 Å². The highest BCUT2D eigenvalue weighted by atomic mass is 16.7. The molecule has 94 valence electrons. The SMILES string of the molecule is CNc1nc(C)c(-c2cc3c(cc2C)OCO3)o1. The van der Waals surface area contributed by atoms with Crippen LogP contribution in [-0.2, 0) is 0 Å². The number of rotatable bonds is 2. The molecule has 18 heavy (non-hydrogen) atoms. The molecular formula is C13H14N2O3. The summed E-state index contributed by atoms with van der Waals surface area (Å²) in [6.45, 7) is 4.21. The standard InChI is InChI=1S/C13H14N2O3/c1-7-4-10-11(17-6-16-10)5-9(7)12-8(2)15-13(14-3)18-12/h4-5H,6H2,1-3H3,(H,14,15). The Balaban J connectivity index is 2.13. The van der Waals surface area contributed by atoms with E-state index in [1.807, 2.05) is 26.0 Å². The maximum atomic E-state index is 5.67. The largest absolute Gasteiger partial charge is 0.454 e. The zero-order chi connectivity index (χ0) is 12.7. The maximum Gasteiger partial charge on any atom is 0.295 e. The Morgan fingerprint density at radius 3 is 2.56 bits per heavy atom. The molecule has 0 aliphatic carbocycles. The average molecular weight is 246 g/mol. The molecule has 5 nitrogen and oxygen atoms in total. The van der Waals surface area contributed by atoms with Gasteiger partial charge in [0.05, 0.1) is 5.69 Å². The van der Waals surface area contributed by atoms with Crippen LogP contribution in [0.4, 0.5) is 6.01 Å². The van der Waals surface area contributed by atoms with E-state index < -0.39 is 0 Å². The van der Waals surface area contributed by atoms with E-state index in [1.54, 1.807) is 7.05 Å². The van der Waals surface area contributed by atoms with Gasteiger partial charge < -0.3 is 19.2 Å². The molecule has 0 amide bonds. The summed E-state index contributed by atoms with van der Waals surface area (Å²) < 4.78 is 16.4. The number of hydrogen-bond acceptors (Lipinski definition) is 5. The summed E-state index contributed by atoms with van der Waals surface area (Å²) in [5, 5.41) is 2.90. The molecule has 1 N–H and O–H groups in total. The third kappa shape index (κ3) is 1.59. The lowest BCUT2D eigenvalue weighted by molar-refractivity contribution is 0.174. The Hall–Kier alpha value is -2.17. The number of hydrogen-bond donors (Lipinski definition) is 1. The van der Waals surface area contributed by atoms with E-state index >= 15 is 0 Å². The normalized spacial score (nSPS) is 12.8. The molecular weight excluding hydrogens is 232 g/mol. The van der Waals surface area contributed by atoms with Crippen molar-refractivity contribution >= 4 is 6.01 Å². The zero-order valence-corrected chi connectivity index (χ0v) is 10.5. The van der Waals surface area contributed by atoms with Gasteiger partial charge in [-0.25, -0.2) is 0 Å². The summed E-state index contributed by atoms with van der Waals surface area (Å²) in [6.07, 6.45) is 0. The molecule has 2 aromatic rings. The molecule has 1 aliphatic heterocycles. The number of anilines is 1. The van der Waals surface area contributed by atoms with Gasteiger partial charge in [0.25, 0.3) is 6.01 Å². The van der Waals surface area contributed by atoms with Crippen molar-refractivity contribution in [3.05, 3.63) is 23.4 Å². The van der Waals surface area contributed by atoms with Crippen molar-refractivity contribution in [3.8, 4) is 22.8 Å². The summed E-state index contributed by atoms with van der Waals surface area (Å²) in [4.78, 5) is 4.29. The summed E-state index contributed by atoms with van der Waals surface area (Å²) in [5.74, 6) is 2.29. The lowest BCUT2D eigenvalue weighted by Gasteiger charge is -2.05. The van der Waals surface area contributed by atoms with Gasteiger partial charge in [0.1, 0.15) is 0 Å². The average Bonchev–Trinajstić information content (AvgIpc) is 2.93. The summed E-state index contributed by atoms with van der Waals surface area (Å²) in [5.41, 5.74) is 2.90. The Morgan fingerprint density at radius 1 is 1.17 bits per heavy atom. The minimum absolute atomic E-state index is 0.273. The first kappa shape index (κ1) is 11.0. The van der Waals surface area contributed by atoms with Gasteiger partial charge in [-0.1, -0.05) is 0 Å². The van der Waals surface area contributed by atoms with Crippen LogP contribution < -0.4 is 14.8 Å². The molecule has 0 spiro atoms. The number of benzene rings is 1. The van der Waals surface area contributed by atoms with Crippen LogP contribution in [0.5, 0.6) is 11.5 Å². The number of nitrogens with zero attached hydrogens (tertiary/aromatic N) is 1. The number of ether oxygens (including phenoxy) is 2. The molecule has 0 saturated carbocycles. The molecule has 0 saturated heterocycles. The summed E-state index contributed by atoms with van der Waals surface area (Å²) in [7, 11) is 1.78. The molecule has 0 fully saturated rings. The molecule has 0 atom stereocenters. The number of nitrogens with one attached hydrogen (secondary N) is 1. The number of aromatic nitrogens is 1. The maximum absolute atomic E-state index is 5.67. The van der Waals surface area contributed by atoms with Gasteiger partial charge in [-0.15, -0.1) is 0 Å². The van der Waals surface area contributed by atoms with Crippen molar-refractivity contribution < 1.29 is 13.9 Å². The molecule has 0 unspecified atom stereocenters. The monoisotopic (exact) mass is 246 g/mol. The molecule has 3 rings (SSSR count). The van der Waals surface area contributed by atoms with E-state index in [-0.39, 0.29) is 6.79 Å². The lowest BCUT2D eigenvalue weighted by atomic mass is 10.0. The smallest absolute Gasteiger partial charge is 0.295 e. The molecule has 1 aromatic carbocycles. The van der Waals surface area contributed by atoms with E-state index in [9.17, 15) is 0 Å². The van der Waals surface area contributed by atoms with Crippen LogP contribution >= 0.6 is 0 Å². The molecule has 1 aliphatic rings. The Bertz CT molecular complexity index is 605. The van der Waals surface area contributed by atoms with Crippen LogP contribution in [0, 0.1) is 13.8 Å². The summed E-state index contributed by atoms with van der Waals surface area (Å²) >= 11 is 0. The van der Waals surface area contributed by atoms with E-state index in [0.717, 1.165) is 34.1 Å². The first-order valence-electron chi connectivity index (χ1n) is 5.75. The highest BCUT2D eigenvalue weighted by Gasteiger charge is 2.20.